The molecule has 53 valence electrons. The zero-order valence-electron chi connectivity index (χ0n) is 6.89. The molecule has 3 radical (unpaired) electrons. The first-order valence-electron chi connectivity index (χ1n) is 2.92. The van der Waals surface area contributed by atoms with E-state index in [0.717, 1.165) is 13.1 Å². The van der Waals surface area contributed by atoms with E-state index in [1.165, 1.54) is 0 Å². The molecule has 0 saturated heterocycles. The fourth-order valence-electron chi connectivity index (χ4n) is 0.400. The van der Waals surface area contributed by atoms with Gasteiger partial charge in [-0.25, -0.2) is 0 Å². The van der Waals surface area contributed by atoms with Crippen LogP contribution >= 0.6 is 0 Å². The Morgan fingerprint density at radius 3 is 1.11 bits per heavy atom. The first-order valence-corrected chi connectivity index (χ1v) is 2.92. The van der Waals surface area contributed by atoms with Gasteiger partial charge in [-0.05, 0) is 28.2 Å². The Bertz CT molecular complexity index is 47.0. The van der Waals surface area contributed by atoms with E-state index in [9.17, 15) is 0 Å². The molecule has 0 bridgehead atoms. The molecule has 0 atom stereocenters. The summed E-state index contributed by atoms with van der Waals surface area (Å²) in [6.07, 6.45) is 0. The Hall–Kier alpha value is 0.452. The molecule has 0 amide bonds. The zero-order valence-corrected chi connectivity index (χ0v) is 8.04. The average molecular weight is 143 g/mol. The van der Waals surface area contributed by atoms with Gasteiger partial charge < -0.3 is 9.80 Å². The minimum Gasteiger partial charge on any atom is -0.308 e. The summed E-state index contributed by atoms with van der Waals surface area (Å²) >= 11 is 0. The maximum absolute atomic E-state index is 2.18. The minimum absolute atomic E-state index is 0. The lowest BCUT2D eigenvalue weighted by Gasteiger charge is -2.13. The molecule has 0 unspecified atom stereocenters. The number of hydrogen-bond acceptors (Lipinski definition) is 2. The summed E-state index contributed by atoms with van der Waals surface area (Å²) in [6, 6.07) is 0. The van der Waals surface area contributed by atoms with E-state index >= 15 is 0 Å². The molecule has 0 fully saturated rings. The van der Waals surface area contributed by atoms with Crippen molar-refractivity contribution in [1.29, 1.82) is 0 Å². The van der Waals surface area contributed by atoms with Crippen molar-refractivity contribution in [3.8, 4) is 0 Å². The molecule has 2 nitrogen and oxygen atoms in total. The van der Waals surface area contributed by atoms with Gasteiger partial charge in [-0.2, -0.15) is 0 Å². The van der Waals surface area contributed by atoms with Crippen molar-refractivity contribution in [3.63, 3.8) is 0 Å². The van der Waals surface area contributed by atoms with Crippen LogP contribution in [0.3, 0.4) is 0 Å². The van der Waals surface area contributed by atoms with Crippen LogP contribution in [0.15, 0.2) is 0 Å². The molecule has 0 rings (SSSR count). The van der Waals surface area contributed by atoms with Gasteiger partial charge in [0.05, 0.1) is 0 Å². The number of rotatable bonds is 3. The Balaban J connectivity index is 0. The van der Waals surface area contributed by atoms with Gasteiger partial charge in [0.1, 0.15) is 0 Å². The predicted octanol–water partition coefficient (Wildman–Crippen LogP) is -0.271. The molecule has 0 aromatic carbocycles. The summed E-state index contributed by atoms with van der Waals surface area (Å²) in [4.78, 5) is 4.36. The van der Waals surface area contributed by atoms with Crippen LogP contribution in [-0.4, -0.2) is 68.4 Å². The van der Waals surface area contributed by atoms with E-state index in [2.05, 4.69) is 38.0 Å². The van der Waals surface area contributed by atoms with Gasteiger partial charge >= 0.3 is 0 Å². The third kappa shape index (κ3) is 11.8. The van der Waals surface area contributed by atoms with Crippen LogP contribution in [0, 0.1) is 0 Å². The van der Waals surface area contributed by atoms with Crippen LogP contribution in [-0.2, 0) is 0 Å². The third-order valence-corrected chi connectivity index (χ3v) is 0.994. The average Bonchev–Trinajstić information content (AvgIpc) is 1.61. The largest absolute Gasteiger partial charge is 0.308 e. The second-order valence-corrected chi connectivity index (χ2v) is 2.61. The lowest BCUT2D eigenvalue weighted by atomic mass is 10.5. The molecule has 0 heterocycles. The highest BCUT2D eigenvalue weighted by molar-refractivity contribution is 5.75. The van der Waals surface area contributed by atoms with E-state index in [1.54, 1.807) is 0 Å². The maximum Gasteiger partial charge on any atom is 0.0103 e. The molecule has 0 aliphatic rings. The van der Waals surface area contributed by atoms with Crippen LogP contribution in [0.2, 0.25) is 0 Å². The molecule has 0 aromatic heterocycles. The quantitative estimate of drug-likeness (QED) is 0.502. The van der Waals surface area contributed by atoms with Crippen molar-refractivity contribution in [2.24, 2.45) is 0 Å². The van der Waals surface area contributed by atoms with Crippen molar-refractivity contribution in [1.82, 2.24) is 9.80 Å². The van der Waals surface area contributed by atoms with Crippen molar-refractivity contribution in [3.05, 3.63) is 0 Å². The van der Waals surface area contributed by atoms with Crippen molar-refractivity contribution < 1.29 is 0 Å². The van der Waals surface area contributed by atoms with Crippen molar-refractivity contribution >= 4 is 17.4 Å². The monoisotopic (exact) mass is 143 g/mol. The fourth-order valence-corrected chi connectivity index (χ4v) is 0.400. The van der Waals surface area contributed by atoms with Gasteiger partial charge in [-0.3, -0.25) is 0 Å². The van der Waals surface area contributed by atoms with Gasteiger partial charge in [-0.1, -0.05) is 0 Å². The van der Waals surface area contributed by atoms with Crippen LogP contribution in [0.1, 0.15) is 0 Å². The Morgan fingerprint density at radius 2 is 1.00 bits per heavy atom. The highest BCUT2D eigenvalue weighted by Crippen LogP contribution is 1.76. The van der Waals surface area contributed by atoms with Gasteiger partial charge in [0, 0.05) is 30.5 Å². The SMILES string of the molecule is CN(C)CCN(C)C.[Al]. The van der Waals surface area contributed by atoms with Crippen LogP contribution < -0.4 is 0 Å². The van der Waals surface area contributed by atoms with Crippen LogP contribution in [0.4, 0.5) is 0 Å². The Labute approximate surface area is 69.0 Å². The summed E-state index contributed by atoms with van der Waals surface area (Å²) in [5, 5.41) is 0. The van der Waals surface area contributed by atoms with E-state index in [-0.39, 0.29) is 17.4 Å². The molecule has 0 saturated carbocycles. The molecular formula is C6H16AlN2. The van der Waals surface area contributed by atoms with Crippen molar-refractivity contribution in [2.45, 2.75) is 0 Å². The van der Waals surface area contributed by atoms with Crippen LogP contribution in [0.5, 0.6) is 0 Å². The van der Waals surface area contributed by atoms with Gasteiger partial charge in [0.25, 0.3) is 0 Å². The summed E-state index contributed by atoms with van der Waals surface area (Å²) in [7, 11) is 8.35. The summed E-state index contributed by atoms with van der Waals surface area (Å²) in [5.74, 6) is 0. The normalized spacial score (nSPS) is 10.0. The lowest BCUT2D eigenvalue weighted by molar-refractivity contribution is 0.320. The molecule has 0 spiro atoms. The molecule has 0 N–H and O–H groups in total. The maximum atomic E-state index is 2.18. The molecule has 0 aliphatic heterocycles. The number of hydrogen-bond donors (Lipinski definition) is 0. The first kappa shape index (κ1) is 12.2. The highest BCUT2D eigenvalue weighted by atomic mass is 27.0. The molecule has 9 heavy (non-hydrogen) atoms. The molecule has 0 aromatic rings. The predicted molar refractivity (Wildman–Crippen MR) is 42.9 cm³/mol. The lowest BCUT2D eigenvalue weighted by Crippen LogP contribution is -2.25. The molecular weight excluding hydrogens is 127 g/mol. The smallest absolute Gasteiger partial charge is 0.0103 e. The van der Waals surface area contributed by atoms with Crippen molar-refractivity contribution in [2.75, 3.05) is 41.3 Å². The van der Waals surface area contributed by atoms with Gasteiger partial charge in [0.15, 0.2) is 0 Å². The number of nitrogens with zero attached hydrogens (tertiary/aromatic N) is 2. The number of likely N-dealkylation sites (N-methyl/N-ethyl adjacent to an activating group) is 2. The second kappa shape index (κ2) is 6.57. The Morgan fingerprint density at radius 1 is 0.778 bits per heavy atom. The topological polar surface area (TPSA) is 6.48 Å². The van der Waals surface area contributed by atoms with E-state index < -0.39 is 0 Å². The van der Waals surface area contributed by atoms with Gasteiger partial charge in [-0.15, -0.1) is 0 Å². The fraction of sp³-hybridized carbons (Fsp3) is 1.00. The van der Waals surface area contributed by atoms with E-state index in [0.29, 0.717) is 0 Å². The second-order valence-electron chi connectivity index (χ2n) is 2.61. The third-order valence-electron chi connectivity index (χ3n) is 0.994. The molecule has 0 aliphatic carbocycles. The first-order chi connectivity index (χ1) is 3.63. The summed E-state index contributed by atoms with van der Waals surface area (Å²) in [6.45, 7) is 2.29. The van der Waals surface area contributed by atoms with E-state index in [1.807, 2.05) is 0 Å². The summed E-state index contributed by atoms with van der Waals surface area (Å²) < 4.78 is 0. The summed E-state index contributed by atoms with van der Waals surface area (Å²) in [5.41, 5.74) is 0. The molecule has 3 heteroatoms. The minimum atomic E-state index is 0. The van der Waals surface area contributed by atoms with E-state index in [4.69, 9.17) is 0 Å². The highest BCUT2D eigenvalue weighted by Gasteiger charge is 1.89. The van der Waals surface area contributed by atoms with Crippen LogP contribution in [0.25, 0.3) is 0 Å². The van der Waals surface area contributed by atoms with Gasteiger partial charge in [0.2, 0.25) is 0 Å². The zero-order chi connectivity index (χ0) is 6.57. The Kier molecular flexibility index (Phi) is 8.88. The standard InChI is InChI=1S/C6H16N2.Al/c1-7(2)5-6-8(3)4;/h5-6H2,1-4H3;.